The molecule has 2 heterocycles. The lowest BCUT2D eigenvalue weighted by atomic mass is 9.88. The highest BCUT2D eigenvalue weighted by atomic mass is 16.2. The summed E-state index contributed by atoms with van der Waals surface area (Å²) < 4.78 is 1.63. The first-order valence-electron chi connectivity index (χ1n) is 9.78. The van der Waals surface area contributed by atoms with Gasteiger partial charge < -0.3 is 5.32 Å². The first kappa shape index (κ1) is 20.2. The number of nitrogens with zero attached hydrogens (tertiary/aromatic N) is 2. The number of rotatable bonds is 5. The van der Waals surface area contributed by atoms with Crippen molar-refractivity contribution in [1.82, 2.24) is 25.9 Å². The van der Waals surface area contributed by atoms with Crippen LogP contribution in [0.5, 0.6) is 0 Å². The van der Waals surface area contributed by atoms with Crippen LogP contribution in [0.3, 0.4) is 0 Å². The number of hydrogen-bond donors (Lipinski definition) is 3. The number of nitrogens with one attached hydrogen (secondary N) is 3. The largest absolute Gasteiger partial charge is 0.345 e. The quantitative estimate of drug-likeness (QED) is 0.733. The van der Waals surface area contributed by atoms with E-state index in [4.69, 9.17) is 0 Å². The minimum absolute atomic E-state index is 0.0677. The van der Waals surface area contributed by atoms with Crippen molar-refractivity contribution in [3.63, 3.8) is 0 Å². The lowest BCUT2D eigenvalue weighted by molar-refractivity contribution is 0.0913. The second-order valence-corrected chi connectivity index (χ2v) is 8.07. The predicted octanol–water partition coefficient (Wildman–Crippen LogP) is 1.80. The number of hydrazine groups is 1. The normalized spacial score (nSPS) is 22.0. The van der Waals surface area contributed by atoms with Gasteiger partial charge >= 0.3 is 0 Å². The van der Waals surface area contributed by atoms with Gasteiger partial charge in [-0.1, -0.05) is 45.9 Å². The van der Waals surface area contributed by atoms with Gasteiger partial charge in [0.2, 0.25) is 5.43 Å². The first-order valence-corrected chi connectivity index (χ1v) is 9.78. The Kier molecular flexibility index (Phi) is 5.96. The molecule has 3 rings (SSSR count). The Labute approximate surface area is 165 Å². The molecule has 2 atom stereocenters. The Balaban J connectivity index is 1.93. The first-order chi connectivity index (χ1) is 13.3. The lowest BCUT2D eigenvalue weighted by Gasteiger charge is -2.28. The van der Waals surface area contributed by atoms with Crippen LogP contribution in [-0.4, -0.2) is 33.8 Å². The molecule has 1 aromatic heterocycles. The second-order valence-electron chi connectivity index (χ2n) is 8.07. The summed E-state index contributed by atoms with van der Waals surface area (Å²) in [6, 6.07) is 10.9. The second kappa shape index (κ2) is 8.24. The smallest absolute Gasteiger partial charge is 0.276 e. The van der Waals surface area contributed by atoms with Gasteiger partial charge in [0.15, 0.2) is 5.69 Å². The molecule has 1 fully saturated rings. The van der Waals surface area contributed by atoms with Gasteiger partial charge in [0.05, 0.1) is 11.7 Å². The molecule has 1 aliphatic rings. The fourth-order valence-corrected chi connectivity index (χ4v) is 3.69. The van der Waals surface area contributed by atoms with Crippen LogP contribution >= 0.6 is 0 Å². The number of aryl methyl sites for hydroxylation is 1. The monoisotopic (exact) mass is 383 g/mol. The number of carbonyl (C=O) groups is 1. The molecular weight excluding hydrogens is 354 g/mol. The van der Waals surface area contributed by atoms with Crippen molar-refractivity contribution in [3.8, 4) is 5.69 Å². The topological polar surface area (TPSA) is 88.1 Å². The molecule has 2 unspecified atom stereocenters. The summed E-state index contributed by atoms with van der Waals surface area (Å²) in [4.78, 5) is 25.5. The van der Waals surface area contributed by atoms with E-state index in [-0.39, 0.29) is 29.2 Å². The molecule has 0 spiro atoms. The average molecular weight is 383 g/mol. The zero-order valence-corrected chi connectivity index (χ0v) is 17.1. The summed E-state index contributed by atoms with van der Waals surface area (Å²) in [5, 5.41) is 7.43. The third kappa shape index (κ3) is 4.00. The van der Waals surface area contributed by atoms with Crippen LogP contribution in [0.2, 0.25) is 0 Å². The van der Waals surface area contributed by atoms with E-state index in [9.17, 15) is 9.59 Å². The van der Waals surface area contributed by atoms with Crippen LogP contribution < -0.4 is 21.6 Å². The number of amides is 1. The van der Waals surface area contributed by atoms with Crippen molar-refractivity contribution >= 4 is 5.91 Å². The van der Waals surface area contributed by atoms with Crippen molar-refractivity contribution in [2.45, 2.75) is 52.7 Å². The van der Waals surface area contributed by atoms with Crippen molar-refractivity contribution in [2.24, 2.45) is 11.8 Å². The van der Waals surface area contributed by atoms with Gasteiger partial charge in [-0.3, -0.25) is 20.4 Å². The molecule has 3 N–H and O–H groups in total. The van der Waals surface area contributed by atoms with Crippen molar-refractivity contribution in [2.75, 3.05) is 0 Å². The minimum Gasteiger partial charge on any atom is -0.345 e. The molecule has 0 aliphatic carbocycles. The molecule has 0 bridgehead atoms. The lowest BCUT2D eigenvalue weighted by Crippen LogP contribution is -2.52. The summed E-state index contributed by atoms with van der Waals surface area (Å²) in [7, 11) is 0. The molecule has 2 aromatic rings. The Morgan fingerprint density at radius 2 is 1.64 bits per heavy atom. The summed E-state index contributed by atoms with van der Waals surface area (Å²) >= 11 is 0. The van der Waals surface area contributed by atoms with Gasteiger partial charge in [0.1, 0.15) is 0 Å². The standard InChI is InChI=1S/C21H29N5O2/c1-12(2)17-20(18(13(3)4)24-23-17)22-21(28)19-16(27)11-14(5)26(25-19)15-9-7-6-8-10-15/h6-13,17-18,20,23-24H,1-5H3,(H,22,28). The third-order valence-electron chi connectivity index (χ3n) is 5.25. The molecule has 7 nitrogen and oxygen atoms in total. The Morgan fingerprint density at radius 1 is 1.07 bits per heavy atom. The number of carbonyl (C=O) groups excluding carboxylic acids is 1. The maximum Gasteiger partial charge on any atom is 0.276 e. The Morgan fingerprint density at radius 3 is 2.18 bits per heavy atom. The zero-order chi connectivity index (χ0) is 20.4. The maximum atomic E-state index is 13.0. The summed E-state index contributed by atoms with van der Waals surface area (Å²) in [6.45, 7) is 10.2. The van der Waals surface area contributed by atoms with Gasteiger partial charge in [0.25, 0.3) is 5.91 Å². The minimum atomic E-state index is -0.443. The Bertz CT molecular complexity index is 875. The van der Waals surface area contributed by atoms with E-state index in [0.717, 1.165) is 5.69 Å². The van der Waals surface area contributed by atoms with Crippen LogP contribution in [0.15, 0.2) is 41.2 Å². The van der Waals surface area contributed by atoms with Gasteiger partial charge in [-0.15, -0.1) is 0 Å². The van der Waals surface area contributed by atoms with E-state index < -0.39 is 5.91 Å². The van der Waals surface area contributed by atoms with Crippen molar-refractivity contribution in [3.05, 3.63) is 58.0 Å². The van der Waals surface area contributed by atoms with Gasteiger partial charge in [-0.05, 0) is 30.9 Å². The molecule has 28 heavy (non-hydrogen) atoms. The summed E-state index contributed by atoms with van der Waals surface area (Å²) in [5.41, 5.74) is 7.59. The number of benzene rings is 1. The van der Waals surface area contributed by atoms with Crippen LogP contribution in [-0.2, 0) is 0 Å². The fourth-order valence-electron chi connectivity index (χ4n) is 3.69. The maximum absolute atomic E-state index is 13.0. The summed E-state index contributed by atoms with van der Waals surface area (Å²) in [5.74, 6) is 0.184. The zero-order valence-electron chi connectivity index (χ0n) is 17.1. The van der Waals surface area contributed by atoms with Crippen LogP contribution in [0.1, 0.15) is 43.9 Å². The fraction of sp³-hybridized carbons (Fsp3) is 0.476. The predicted molar refractivity (Wildman–Crippen MR) is 109 cm³/mol. The molecule has 7 heteroatoms. The van der Waals surface area contributed by atoms with E-state index in [1.54, 1.807) is 11.6 Å². The van der Waals surface area contributed by atoms with Crippen LogP contribution in [0, 0.1) is 18.8 Å². The highest BCUT2D eigenvalue weighted by Gasteiger charge is 2.40. The molecule has 1 saturated heterocycles. The summed E-state index contributed by atoms with van der Waals surface area (Å²) in [6.07, 6.45) is 0. The third-order valence-corrected chi connectivity index (χ3v) is 5.25. The van der Waals surface area contributed by atoms with Gasteiger partial charge in [-0.25, -0.2) is 4.68 Å². The van der Waals surface area contributed by atoms with E-state index in [1.807, 2.05) is 30.3 Å². The number of hydrogen-bond acceptors (Lipinski definition) is 5. The molecule has 0 radical (unpaired) electrons. The van der Waals surface area contributed by atoms with Crippen molar-refractivity contribution in [1.29, 1.82) is 0 Å². The van der Waals surface area contributed by atoms with Crippen LogP contribution in [0.25, 0.3) is 5.69 Å². The van der Waals surface area contributed by atoms with E-state index >= 15 is 0 Å². The Hall–Kier alpha value is -2.51. The van der Waals surface area contributed by atoms with E-state index in [1.165, 1.54) is 6.07 Å². The molecule has 150 valence electrons. The highest BCUT2D eigenvalue weighted by molar-refractivity contribution is 5.92. The van der Waals surface area contributed by atoms with Gasteiger partial charge in [-0.2, -0.15) is 5.10 Å². The molecule has 0 saturated carbocycles. The van der Waals surface area contributed by atoms with Gasteiger partial charge in [0, 0.05) is 23.8 Å². The van der Waals surface area contributed by atoms with Crippen molar-refractivity contribution < 1.29 is 4.79 Å². The average Bonchev–Trinajstić information content (AvgIpc) is 3.06. The molecule has 1 amide bonds. The number of aromatic nitrogens is 2. The SMILES string of the molecule is Cc1cc(=O)c(C(=O)NC2C(C(C)C)NNC2C(C)C)nn1-c1ccccc1. The van der Waals surface area contributed by atoms with Crippen LogP contribution in [0.4, 0.5) is 0 Å². The number of para-hydroxylation sites is 1. The molecule has 1 aromatic carbocycles. The molecule has 1 aliphatic heterocycles. The molecular formula is C21H29N5O2. The van der Waals surface area contributed by atoms with E-state index in [2.05, 4.69) is 49.0 Å². The van der Waals surface area contributed by atoms with E-state index in [0.29, 0.717) is 17.5 Å². The highest BCUT2D eigenvalue weighted by Crippen LogP contribution is 2.20.